The fraction of sp³-hybridized carbons (Fsp3) is 1.00. The molecule has 0 heterocycles. The number of hydrogen-bond donors (Lipinski definition) is 1. The van der Waals surface area contributed by atoms with E-state index in [0.29, 0.717) is 12.8 Å². The van der Waals surface area contributed by atoms with E-state index in [1.165, 1.54) is 0 Å². The average Bonchev–Trinajstić information content (AvgIpc) is 1.78. The monoisotopic (exact) mass is 195 g/mol. The highest BCUT2D eigenvalue weighted by atomic mass is 19.4. The molecule has 0 saturated heterocycles. The predicted octanol–water partition coefficient (Wildman–Crippen LogP) is 2.72. The molecular formula is C9H16F3N. The molecule has 0 unspecified atom stereocenters. The maximum absolute atomic E-state index is 12.5. The van der Waals surface area contributed by atoms with Crippen LogP contribution in [0.5, 0.6) is 0 Å². The summed E-state index contributed by atoms with van der Waals surface area (Å²) in [5.41, 5.74) is 0. The van der Waals surface area contributed by atoms with Crippen LogP contribution in [0.2, 0.25) is 0 Å². The van der Waals surface area contributed by atoms with Crippen molar-refractivity contribution in [3.63, 3.8) is 0 Å². The third-order valence-corrected chi connectivity index (χ3v) is 2.49. The van der Waals surface area contributed by atoms with Crippen LogP contribution in [0.15, 0.2) is 0 Å². The molecule has 1 atom stereocenters. The van der Waals surface area contributed by atoms with Gasteiger partial charge in [-0.3, -0.25) is 0 Å². The van der Waals surface area contributed by atoms with Gasteiger partial charge in [-0.25, -0.2) is 0 Å². The van der Waals surface area contributed by atoms with Gasteiger partial charge in [-0.05, 0) is 18.8 Å². The van der Waals surface area contributed by atoms with Crippen LogP contribution in [-0.4, -0.2) is 18.3 Å². The molecule has 1 fully saturated rings. The zero-order valence-electron chi connectivity index (χ0n) is 7.99. The molecule has 13 heavy (non-hydrogen) atoms. The summed E-state index contributed by atoms with van der Waals surface area (Å²) in [4.78, 5) is 0. The Morgan fingerprint density at radius 2 is 1.77 bits per heavy atom. The molecule has 1 N–H and O–H groups in total. The van der Waals surface area contributed by atoms with E-state index in [4.69, 9.17) is 0 Å². The number of nitrogens with one attached hydrogen (secondary N) is 1. The molecule has 0 radical (unpaired) electrons. The molecule has 0 amide bonds. The molecule has 1 saturated carbocycles. The van der Waals surface area contributed by atoms with Gasteiger partial charge in [-0.15, -0.1) is 0 Å². The van der Waals surface area contributed by atoms with Crippen molar-refractivity contribution in [2.45, 2.75) is 51.4 Å². The summed E-state index contributed by atoms with van der Waals surface area (Å²) >= 11 is 0. The zero-order valence-corrected chi connectivity index (χ0v) is 7.99. The van der Waals surface area contributed by atoms with E-state index in [0.717, 1.165) is 6.42 Å². The van der Waals surface area contributed by atoms with Crippen molar-refractivity contribution in [1.29, 1.82) is 0 Å². The minimum atomic E-state index is -4.09. The van der Waals surface area contributed by atoms with Crippen LogP contribution < -0.4 is 5.32 Å². The maximum atomic E-state index is 12.5. The minimum absolute atomic E-state index is 0.104. The van der Waals surface area contributed by atoms with Gasteiger partial charge in [0.1, 0.15) is 6.04 Å². The molecule has 4 heteroatoms. The van der Waals surface area contributed by atoms with Crippen LogP contribution >= 0.6 is 0 Å². The van der Waals surface area contributed by atoms with E-state index in [-0.39, 0.29) is 12.0 Å². The van der Waals surface area contributed by atoms with Crippen LogP contribution in [0.1, 0.15) is 33.1 Å². The molecule has 78 valence electrons. The second-order valence-electron chi connectivity index (χ2n) is 4.03. The Kier molecular flexibility index (Phi) is 3.22. The van der Waals surface area contributed by atoms with Gasteiger partial charge in [0.2, 0.25) is 0 Å². The first-order chi connectivity index (χ1) is 5.91. The summed E-state index contributed by atoms with van der Waals surface area (Å²) in [6.45, 7) is 3.49. The molecule has 1 aliphatic rings. The smallest absolute Gasteiger partial charge is 0.304 e. The molecular weight excluding hydrogens is 179 g/mol. The molecule has 0 aromatic carbocycles. The van der Waals surface area contributed by atoms with Crippen molar-refractivity contribution in [1.82, 2.24) is 5.32 Å². The highest BCUT2D eigenvalue weighted by molar-refractivity contribution is 4.88. The summed E-state index contributed by atoms with van der Waals surface area (Å²) < 4.78 is 37.5. The van der Waals surface area contributed by atoms with E-state index < -0.39 is 12.2 Å². The van der Waals surface area contributed by atoms with Gasteiger partial charge >= 0.3 is 6.18 Å². The van der Waals surface area contributed by atoms with Crippen LogP contribution in [-0.2, 0) is 0 Å². The fourth-order valence-electron chi connectivity index (χ4n) is 1.63. The quantitative estimate of drug-likeness (QED) is 0.730. The standard InChI is InChI=1S/C9H16F3N/c1-6(2)13-8(9(10,11)12)7-4-3-5-7/h6-8,13H,3-5H2,1-2H3/t8-/m0/s1. The first kappa shape index (κ1) is 10.8. The summed E-state index contributed by atoms with van der Waals surface area (Å²) in [7, 11) is 0. The molecule has 0 bridgehead atoms. The lowest BCUT2D eigenvalue weighted by atomic mass is 9.79. The lowest BCUT2D eigenvalue weighted by Crippen LogP contribution is -2.52. The van der Waals surface area contributed by atoms with Gasteiger partial charge in [-0.2, -0.15) is 13.2 Å². The minimum Gasteiger partial charge on any atom is -0.304 e. The van der Waals surface area contributed by atoms with Crippen LogP contribution in [0.25, 0.3) is 0 Å². The lowest BCUT2D eigenvalue weighted by molar-refractivity contribution is -0.175. The maximum Gasteiger partial charge on any atom is 0.404 e. The van der Waals surface area contributed by atoms with Crippen molar-refractivity contribution in [2.24, 2.45) is 5.92 Å². The topological polar surface area (TPSA) is 12.0 Å². The predicted molar refractivity (Wildman–Crippen MR) is 45.5 cm³/mol. The fourth-order valence-corrected chi connectivity index (χ4v) is 1.63. The molecule has 0 spiro atoms. The van der Waals surface area contributed by atoms with Crippen molar-refractivity contribution in [2.75, 3.05) is 0 Å². The van der Waals surface area contributed by atoms with E-state index in [1.807, 2.05) is 0 Å². The highest BCUT2D eigenvalue weighted by Crippen LogP contribution is 2.37. The Bertz CT molecular complexity index is 161. The van der Waals surface area contributed by atoms with Crippen molar-refractivity contribution >= 4 is 0 Å². The summed E-state index contributed by atoms with van der Waals surface area (Å²) in [5, 5.41) is 2.60. The van der Waals surface area contributed by atoms with Crippen molar-refractivity contribution < 1.29 is 13.2 Å². The van der Waals surface area contributed by atoms with E-state index >= 15 is 0 Å². The first-order valence-electron chi connectivity index (χ1n) is 4.74. The van der Waals surface area contributed by atoms with Gasteiger partial charge in [0.05, 0.1) is 0 Å². The largest absolute Gasteiger partial charge is 0.404 e. The Morgan fingerprint density at radius 3 is 2.00 bits per heavy atom. The second kappa shape index (κ2) is 3.86. The Hall–Kier alpha value is -0.250. The number of alkyl halides is 3. The normalized spacial score (nSPS) is 21.7. The van der Waals surface area contributed by atoms with E-state index in [2.05, 4.69) is 5.32 Å². The molecule has 0 aromatic rings. The zero-order chi connectivity index (χ0) is 10.1. The van der Waals surface area contributed by atoms with Crippen LogP contribution in [0.3, 0.4) is 0 Å². The molecule has 1 nitrogen and oxygen atoms in total. The lowest BCUT2D eigenvalue weighted by Gasteiger charge is -2.36. The number of halogens is 3. The second-order valence-corrected chi connectivity index (χ2v) is 4.03. The van der Waals surface area contributed by atoms with Gasteiger partial charge in [-0.1, -0.05) is 20.3 Å². The summed E-state index contributed by atoms with van der Waals surface area (Å²) in [5.74, 6) is -0.192. The summed E-state index contributed by atoms with van der Waals surface area (Å²) in [6.07, 6.45) is -1.72. The molecule has 0 aliphatic heterocycles. The van der Waals surface area contributed by atoms with Crippen molar-refractivity contribution in [3.05, 3.63) is 0 Å². The van der Waals surface area contributed by atoms with Gasteiger partial charge in [0, 0.05) is 6.04 Å². The van der Waals surface area contributed by atoms with Crippen LogP contribution in [0, 0.1) is 5.92 Å². The average molecular weight is 195 g/mol. The van der Waals surface area contributed by atoms with Gasteiger partial charge in [0.15, 0.2) is 0 Å². The molecule has 0 aromatic heterocycles. The summed E-state index contributed by atoms with van der Waals surface area (Å²) in [6, 6.07) is -1.39. The van der Waals surface area contributed by atoms with Crippen molar-refractivity contribution in [3.8, 4) is 0 Å². The van der Waals surface area contributed by atoms with E-state index in [1.54, 1.807) is 13.8 Å². The first-order valence-corrected chi connectivity index (χ1v) is 4.74. The Morgan fingerprint density at radius 1 is 1.23 bits per heavy atom. The highest BCUT2D eigenvalue weighted by Gasteiger charge is 2.46. The third kappa shape index (κ3) is 2.86. The Labute approximate surface area is 76.7 Å². The molecule has 1 aliphatic carbocycles. The van der Waals surface area contributed by atoms with Crippen LogP contribution in [0.4, 0.5) is 13.2 Å². The SMILES string of the molecule is CC(C)N[C@@H](C1CCC1)C(F)(F)F. The third-order valence-electron chi connectivity index (χ3n) is 2.49. The van der Waals surface area contributed by atoms with E-state index in [9.17, 15) is 13.2 Å². The number of rotatable bonds is 3. The Balaban J connectivity index is 2.53. The number of hydrogen-bond acceptors (Lipinski definition) is 1. The van der Waals surface area contributed by atoms with Gasteiger partial charge < -0.3 is 5.32 Å². The van der Waals surface area contributed by atoms with Gasteiger partial charge in [0.25, 0.3) is 0 Å². The molecule has 1 rings (SSSR count).